The molecule has 1 aromatic heterocycles. The van der Waals surface area contributed by atoms with Gasteiger partial charge in [-0.1, -0.05) is 209 Å². The molecule has 318 valence electrons. The van der Waals surface area contributed by atoms with Gasteiger partial charge in [0.15, 0.2) is 11.7 Å². The first-order valence-corrected chi connectivity index (χ1v) is 22.4. The van der Waals surface area contributed by atoms with Crippen molar-refractivity contribution in [3.63, 3.8) is 0 Å². The van der Waals surface area contributed by atoms with Gasteiger partial charge in [0.25, 0.3) is 0 Å². The maximum Gasteiger partial charge on any atom is 0.160 e. The van der Waals surface area contributed by atoms with Crippen LogP contribution in [0.3, 0.4) is 0 Å². The Labute approximate surface area is 387 Å². The van der Waals surface area contributed by atoms with Crippen molar-refractivity contribution < 1.29 is 4.74 Å². The van der Waals surface area contributed by atoms with Gasteiger partial charge in [-0.2, -0.15) is 0 Å². The number of rotatable bonds is 9. The van der Waals surface area contributed by atoms with E-state index in [1.54, 1.807) is 0 Å². The van der Waals surface area contributed by atoms with Crippen molar-refractivity contribution in [3.05, 3.63) is 246 Å². The minimum Gasteiger partial charge on any atom is -0.455 e. The Hall–Kier alpha value is -8.28. The second-order valence-electron chi connectivity index (χ2n) is 17.1. The van der Waals surface area contributed by atoms with Gasteiger partial charge in [0.1, 0.15) is 11.5 Å². The maximum absolute atomic E-state index is 7.27. The number of aryl methyl sites for hydroxylation is 1. The number of hydrogen-bond donors (Lipinski definition) is 0. The molecule has 2 aliphatic rings. The molecule has 10 rings (SSSR count). The summed E-state index contributed by atoms with van der Waals surface area (Å²) in [5.41, 5.74) is 15.2. The van der Waals surface area contributed by atoms with Crippen molar-refractivity contribution >= 4 is 17.7 Å². The van der Waals surface area contributed by atoms with E-state index in [2.05, 4.69) is 161 Å². The molecule has 0 saturated carbocycles. The molecule has 2 heterocycles. The third-order valence-electron chi connectivity index (χ3n) is 12.4. The number of ether oxygens (including phenoxy) is 1. The van der Waals surface area contributed by atoms with E-state index >= 15 is 0 Å². The fraction of sp³-hybridized carbons (Fsp3) is 0.0820. The molecule has 0 spiro atoms. The van der Waals surface area contributed by atoms with E-state index in [9.17, 15) is 0 Å². The monoisotopic (exact) mass is 852 g/mol. The van der Waals surface area contributed by atoms with Gasteiger partial charge in [-0.25, -0.2) is 20.0 Å². The SMILES string of the molecule is C=C(/N=C(\N=C\C1=CCC=CC=C1)c1cccc(-c2cccc3c2Oc2c(-c4cc(-c5nc(-c6ccccc6)cc(-c6ccccc6)n5)ccc4C)cccc2C3(C)C)c1)c1ccccc1. The van der Waals surface area contributed by atoms with Crippen LogP contribution in [0.1, 0.15) is 48.1 Å². The molecule has 7 aromatic carbocycles. The van der Waals surface area contributed by atoms with Crippen molar-refractivity contribution in [2.24, 2.45) is 9.98 Å². The second-order valence-corrected chi connectivity index (χ2v) is 17.1. The molecule has 0 amide bonds. The van der Waals surface area contributed by atoms with Crippen molar-refractivity contribution in [1.82, 2.24) is 9.97 Å². The van der Waals surface area contributed by atoms with Gasteiger partial charge in [0.05, 0.1) is 17.1 Å². The van der Waals surface area contributed by atoms with E-state index in [0.29, 0.717) is 17.4 Å². The van der Waals surface area contributed by atoms with Gasteiger partial charge in [0.2, 0.25) is 0 Å². The Kier molecular flexibility index (Phi) is 11.4. The predicted octanol–water partition coefficient (Wildman–Crippen LogP) is 15.5. The number of aliphatic imine (C=N–C) groups is 2. The highest BCUT2D eigenvalue weighted by molar-refractivity contribution is 6.08. The molecule has 1 aliphatic heterocycles. The van der Waals surface area contributed by atoms with E-state index in [0.717, 1.165) is 102 Å². The molecule has 8 aromatic rings. The molecule has 5 nitrogen and oxygen atoms in total. The number of hydrogen-bond acceptors (Lipinski definition) is 4. The summed E-state index contributed by atoms with van der Waals surface area (Å²) in [5, 5.41) is 0. The Morgan fingerprint density at radius 3 is 1.89 bits per heavy atom. The molecule has 0 saturated heterocycles. The van der Waals surface area contributed by atoms with Crippen molar-refractivity contribution in [3.8, 4) is 67.7 Å². The summed E-state index contributed by atoms with van der Waals surface area (Å²) >= 11 is 0. The molecule has 0 bridgehead atoms. The highest BCUT2D eigenvalue weighted by Crippen LogP contribution is 2.54. The Bertz CT molecular complexity index is 3230. The maximum atomic E-state index is 7.27. The second kappa shape index (κ2) is 18.1. The number of benzene rings is 7. The molecular weight excluding hydrogens is 805 g/mol. The van der Waals surface area contributed by atoms with Gasteiger partial charge in [-0.05, 0) is 59.4 Å². The van der Waals surface area contributed by atoms with Crippen LogP contribution in [0.4, 0.5) is 0 Å². The van der Waals surface area contributed by atoms with Gasteiger partial charge < -0.3 is 4.74 Å². The third kappa shape index (κ3) is 8.43. The van der Waals surface area contributed by atoms with Crippen molar-refractivity contribution in [2.75, 3.05) is 0 Å². The normalized spacial score (nSPS) is 13.9. The summed E-state index contributed by atoms with van der Waals surface area (Å²) < 4.78 is 7.27. The largest absolute Gasteiger partial charge is 0.455 e. The first-order chi connectivity index (χ1) is 32.3. The average Bonchev–Trinajstić information content (AvgIpc) is 3.65. The van der Waals surface area contributed by atoms with Crippen LogP contribution < -0.4 is 4.74 Å². The summed E-state index contributed by atoms with van der Waals surface area (Å²) in [6.07, 6.45) is 13.1. The first kappa shape index (κ1) is 41.7. The topological polar surface area (TPSA) is 59.7 Å². The Morgan fingerprint density at radius 1 is 0.591 bits per heavy atom. The van der Waals surface area contributed by atoms with Gasteiger partial charge in [-0.3, -0.25) is 0 Å². The minimum atomic E-state index is -0.380. The number of nitrogens with zero attached hydrogens (tertiary/aromatic N) is 4. The van der Waals surface area contributed by atoms with Crippen LogP contribution in [0.5, 0.6) is 11.5 Å². The number of allylic oxidation sites excluding steroid dienone is 6. The molecule has 0 unspecified atom stereocenters. The lowest BCUT2D eigenvalue weighted by atomic mass is 9.73. The zero-order chi connectivity index (χ0) is 45.0. The molecule has 66 heavy (non-hydrogen) atoms. The fourth-order valence-corrected chi connectivity index (χ4v) is 8.75. The van der Waals surface area contributed by atoms with E-state index < -0.39 is 0 Å². The van der Waals surface area contributed by atoms with Crippen molar-refractivity contribution in [1.29, 1.82) is 0 Å². The van der Waals surface area contributed by atoms with Crippen LogP contribution in [0.25, 0.3) is 61.9 Å². The summed E-state index contributed by atoms with van der Waals surface area (Å²) in [7, 11) is 0. The molecule has 5 heteroatoms. The van der Waals surface area contributed by atoms with Crippen LogP contribution in [0, 0.1) is 6.92 Å². The van der Waals surface area contributed by atoms with E-state index in [1.165, 1.54) is 0 Å². The molecule has 1 aliphatic carbocycles. The zero-order valence-corrected chi connectivity index (χ0v) is 37.3. The van der Waals surface area contributed by atoms with E-state index in [1.807, 2.05) is 79.0 Å². The average molecular weight is 853 g/mol. The zero-order valence-electron chi connectivity index (χ0n) is 37.3. The van der Waals surface area contributed by atoms with Crippen LogP contribution in [0.2, 0.25) is 0 Å². The Morgan fingerprint density at radius 2 is 1.20 bits per heavy atom. The lowest BCUT2D eigenvalue weighted by molar-refractivity contribution is 0.421. The quantitative estimate of drug-likeness (QED) is 0.107. The minimum absolute atomic E-state index is 0.380. The molecule has 0 radical (unpaired) electrons. The van der Waals surface area contributed by atoms with Gasteiger partial charge >= 0.3 is 0 Å². The predicted molar refractivity (Wildman–Crippen MR) is 274 cm³/mol. The molecule has 0 N–H and O–H groups in total. The fourth-order valence-electron chi connectivity index (χ4n) is 8.75. The third-order valence-corrected chi connectivity index (χ3v) is 12.4. The highest BCUT2D eigenvalue weighted by atomic mass is 16.5. The number of para-hydroxylation sites is 2. The van der Waals surface area contributed by atoms with Crippen LogP contribution in [-0.2, 0) is 5.41 Å². The lowest BCUT2D eigenvalue weighted by Crippen LogP contribution is -2.25. The number of aromatic nitrogens is 2. The Balaban J connectivity index is 1.06. The standard InChI is InChI=1S/C61H48N4O/c1-41-35-36-49(60-64-55(45-25-14-8-15-26-45)39-56(65-60)46-27-16-9-17-28-46)38-52(41)51-32-20-34-54-58(51)66-57-50(31-19-33-53(57)61(54,3)4)47-29-18-30-48(37-47)59(62-40-43-21-10-5-6-11-22-43)63-42(2)44-23-12-7-13-24-44/h5-10,12-40H,2,11H2,1,3-4H3/b62-40+,63-59-. The van der Waals surface area contributed by atoms with Gasteiger partial charge in [0, 0.05) is 56.1 Å². The van der Waals surface area contributed by atoms with E-state index in [4.69, 9.17) is 24.7 Å². The summed E-state index contributed by atoms with van der Waals surface area (Å²) in [4.78, 5) is 20.4. The van der Waals surface area contributed by atoms with Crippen LogP contribution in [-0.4, -0.2) is 22.0 Å². The summed E-state index contributed by atoms with van der Waals surface area (Å²) in [6, 6.07) is 60.6. The first-order valence-electron chi connectivity index (χ1n) is 22.4. The number of fused-ring (bicyclic) bond motifs is 2. The summed E-state index contributed by atoms with van der Waals surface area (Å²) in [5.74, 6) is 2.90. The number of amidine groups is 1. The van der Waals surface area contributed by atoms with Crippen LogP contribution >= 0.6 is 0 Å². The molecule has 0 atom stereocenters. The smallest absolute Gasteiger partial charge is 0.160 e. The lowest BCUT2D eigenvalue weighted by Gasteiger charge is -2.36. The van der Waals surface area contributed by atoms with Crippen molar-refractivity contribution in [2.45, 2.75) is 32.6 Å². The molecule has 0 fully saturated rings. The molecular formula is C61H48N4O. The van der Waals surface area contributed by atoms with Crippen LogP contribution in [0.15, 0.2) is 228 Å². The van der Waals surface area contributed by atoms with E-state index in [-0.39, 0.29) is 5.41 Å². The highest BCUT2D eigenvalue weighted by Gasteiger charge is 2.37. The van der Waals surface area contributed by atoms with Gasteiger partial charge in [-0.15, -0.1) is 0 Å². The summed E-state index contributed by atoms with van der Waals surface area (Å²) in [6.45, 7) is 11.1.